The van der Waals surface area contributed by atoms with Gasteiger partial charge in [-0.2, -0.15) is 0 Å². The molecule has 0 radical (unpaired) electrons. The van der Waals surface area contributed by atoms with Gasteiger partial charge in [-0.25, -0.2) is 4.98 Å². The van der Waals surface area contributed by atoms with Crippen LogP contribution < -0.4 is 10.1 Å². The lowest BCUT2D eigenvalue weighted by atomic mass is 10.2. The molecule has 0 aliphatic carbocycles. The lowest BCUT2D eigenvalue weighted by Crippen LogP contribution is -2.18. The molecule has 7 heteroatoms. The van der Waals surface area contributed by atoms with E-state index in [1.807, 2.05) is 52.5 Å². The Balaban J connectivity index is 1.49. The molecule has 0 unspecified atom stereocenters. The van der Waals surface area contributed by atoms with Crippen molar-refractivity contribution in [3.05, 3.63) is 60.4 Å². The zero-order chi connectivity index (χ0) is 17.9. The minimum Gasteiger partial charge on any atom is -0.496 e. The highest BCUT2D eigenvalue weighted by atomic mass is 32.1. The molecule has 0 bridgehead atoms. The zero-order valence-corrected chi connectivity index (χ0v) is 14.9. The molecule has 0 spiro atoms. The molecule has 1 amide bonds. The van der Waals surface area contributed by atoms with E-state index >= 15 is 0 Å². The van der Waals surface area contributed by atoms with Gasteiger partial charge in [0.25, 0.3) is 0 Å². The first-order chi connectivity index (χ1) is 12.7. The van der Waals surface area contributed by atoms with E-state index in [1.54, 1.807) is 19.5 Å². The van der Waals surface area contributed by atoms with Gasteiger partial charge in [0.2, 0.25) is 5.91 Å². The molecule has 26 heavy (non-hydrogen) atoms. The molecule has 3 aromatic heterocycles. The van der Waals surface area contributed by atoms with Crippen molar-refractivity contribution in [1.29, 1.82) is 0 Å². The van der Waals surface area contributed by atoms with Gasteiger partial charge in [-0.3, -0.25) is 9.78 Å². The van der Waals surface area contributed by atoms with E-state index in [2.05, 4.69) is 15.3 Å². The van der Waals surface area contributed by atoms with Gasteiger partial charge in [0.15, 0.2) is 5.13 Å². The van der Waals surface area contributed by atoms with E-state index in [1.165, 1.54) is 11.3 Å². The van der Waals surface area contributed by atoms with Gasteiger partial charge in [-0.1, -0.05) is 6.07 Å². The molecule has 0 saturated heterocycles. The number of anilines is 1. The Morgan fingerprint density at radius 3 is 3.00 bits per heavy atom. The van der Waals surface area contributed by atoms with Crippen molar-refractivity contribution in [2.75, 3.05) is 12.4 Å². The molecule has 0 aliphatic rings. The first kappa shape index (κ1) is 16.3. The van der Waals surface area contributed by atoms with Crippen LogP contribution in [0.5, 0.6) is 5.75 Å². The van der Waals surface area contributed by atoms with Gasteiger partial charge in [0.1, 0.15) is 12.3 Å². The second-order valence-corrected chi connectivity index (χ2v) is 6.52. The molecular formula is C19H16N4O2S. The molecule has 0 fully saturated rings. The second kappa shape index (κ2) is 6.97. The second-order valence-electron chi connectivity index (χ2n) is 5.66. The van der Waals surface area contributed by atoms with E-state index in [4.69, 9.17) is 4.74 Å². The molecule has 130 valence electrons. The third kappa shape index (κ3) is 3.16. The number of benzene rings is 1. The van der Waals surface area contributed by atoms with Crippen molar-refractivity contribution in [2.24, 2.45) is 0 Å². The minimum absolute atomic E-state index is 0.127. The van der Waals surface area contributed by atoms with Crippen LogP contribution in [0.15, 0.2) is 60.4 Å². The van der Waals surface area contributed by atoms with Gasteiger partial charge in [0.05, 0.1) is 18.3 Å². The Kier molecular flexibility index (Phi) is 4.37. The fourth-order valence-corrected chi connectivity index (χ4v) is 3.54. The Morgan fingerprint density at radius 1 is 1.27 bits per heavy atom. The number of amides is 1. The van der Waals surface area contributed by atoms with Crippen LogP contribution in [-0.4, -0.2) is 27.6 Å². The molecule has 6 nitrogen and oxygen atoms in total. The number of hydrogen-bond acceptors (Lipinski definition) is 5. The van der Waals surface area contributed by atoms with E-state index < -0.39 is 0 Å². The summed E-state index contributed by atoms with van der Waals surface area (Å²) in [4.78, 5) is 21.0. The van der Waals surface area contributed by atoms with Gasteiger partial charge in [0, 0.05) is 34.9 Å². The van der Waals surface area contributed by atoms with Crippen LogP contribution in [0.4, 0.5) is 5.13 Å². The highest BCUT2D eigenvalue weighted by Gasteiger charge is 2.11. The van der Waals surface area contributed by atoms with Crippen LogP contribution in [0.2, 0.25) is 0 Å². The molecule has 3 heterocycles. The van der Waals surface area contributed by atoms with Crippen LogP contribution in [0, 0.1) is 0 Å². The predicted molar refractivity (Wildman–Crippen MR) is 102 cm³/mol. The number of pyridine rings is 1. The topological polar surface area (TPSA) is 69.0 Å². The molecule has 0 aliphatic heterocycles. The van der Waals surface area contributed by atoms with E-state index in [-0.39, 0.29) is 12.5 Å². The Labute approximate surface area is 154 Å². The van der Waals surface area contributed by atoms with Gasteiger partial charge in [-0.15, -0.1) is 11.3 Å². The molecule has 4 aromatic rings. The number of thiazole rings is 1. The number of carbonyl (C=O) groups excluding carboxylic acids is 1. The summed E-state index contributed by atoms with van der Waals surface area (Å²) in [5.74, 6) is 0.667. The predicted octanol–water partition coefficient (Wildman–Crippen LogP) is 3.81. The normalized spacial score (nSPS) is 10.8. The van der Waals surface area contributed by atoms with E-state index in [0.717, 1.165) is 27.9 Å². The van der Waals surface area contributed by atoms with Crippen molar-refractivity contribution in [3.8, 4) is 17.0 Å². The van der Waals surface area contributed by atoms with Crippen LogP contribution in [-0.2, 0) is 11.3 Å². The molecular weight excluding hydrogens is 348 g/mol. The molecule has 1 aromatic carbocycles. The lowest BCUT2D eigenvalue weighted by molar-refractivity contribution is -0.116. The number of hydrogen-bond donors (Lipinski definition) is 1. The van der Waals surface area contributed by atoms with Crippen molar-refractivity contribution >= 4 is 33.3 Å². The maximum Gasteiger partial charge on any atom is 0.246 e. The van der Waals surface area contributed by atoms with Crippen LogP contribution >= 0.6 is 11.3 Å². The lowest BCUT2D eigenvalue weighted by Gasteiger charge is -2.06. The van der Waals surface area contributed by atoms with Crippen molar-refractivity contribution in [1.82, 2.24) is 14.5 Å². The smallest absolute Gasteiger partial charge is 0.246 e. The number of fused-ring (bicyclic) bond motifs is 1. The summed E-state index contributed by atoms with van der Waals surface area (Å²) in [6, 6.07) is 11.5. The maximum absolute atomic E-state index is 12.4. The third-order valence-corrected chi connectivity index (χ3v) is 4.77. The summed E-state index contributed by atoms with van der Waals surface area (Å²) < 4.78 is 7.25. The number of carbonyl (C=O) groups is 1. The Bertz CT molecular complexity index is 1060. The summed E-state index contributed by atoms with van der Waals surface area (Å²) in [6.07, 6.45) is 5.35. The van der Waals surface area contributed by atoms with Gasteiger partial charge >= 0.3 is 0 Å². The van der Waals surface area contributed by atoms with Crippen LogP contribution in [0.1, 0.15) is 0 Å². The van der Waals surface area contributed by atoms with Gasteiger partial charge in [-0.05, 0) is 30.3 Å². The molecule has 0 atom stereocenters. The largest absolute Gasteiger partial charge is 0.496 e. The number of methoxy groups -OCH3 is 1. The number of ether oxygens (including phenoxy) is 1. The fourth-order valence-electron chi connectivity index (χ4n) is 2.80. The Morgan fingerprint density at radius 2 is 2.19 bits per heavy atom. The maximum atomic E-state index is 12.4. The molecule has 4 rings (SSSR count). The minimum atomic E-state index is -0.127. The summed E-state index contributed by atoms with van der Waals surface area (Å²) in [6.45, 7) is 0.207. The van der Waals surface area contributed by atoms with Crippen molar-refractivity contribution in [2.45, 2.75) is 6.54 Å². The highest BCUT2D eigenvalue weighted by molar-refractivity contribution is 7.14. The Hall–Kier alpha value is -3.19. The fraction of sp³-hybridized carbons (Fsp3) is 0.105. The SMILES string of the molecule is COc1cccc2c1ccn2CC(=O)Nc1nc(-c2cccnc2)cs1. The quantitative estimate of drug-likeness (QED) is 0.585. The summed E-state index contributed by atoms with van der Waals surface area (Å²) in [5, 5.41) is 6.32. The van der Waals surface area contributed by atoms with E-state index in [9.17, 15) is 4.79 Å². The third-order valence-electron chi connectivity index (χ3n) is 4.02. The van der Waals surface area contributed by atoms with Crippen LogP contribution in [0.25, 0.3) is 22.2 Å². The summed E-state index contributed by atoms with van der Waals surface area (Å²) in [7, 11) is 1.64. The average Bonchev–Trinajstić information content (AvgIpc) is 3.30. The first-order valence-corrected chi connectivity index (χ1v) is 8.90. The number of rotatable bonds is 5. The van der Waals surface area contributed by atoms with Crippen molar-refractivity contribution < 1.29 is 9.53 Å². The monoisotopic (exact) mass is 364 g/mol. The zero-order valence-electron chi connectivity index (χ0n) is 14.0. The summed E-state index contributed by atoms with van der Waals surface area (Å²) >= 11 is 1.39. The van der Waals surface area contributed by atoms with Gasteiger partial charge < -0.3 is 14.6 Å². The highest BCUT2D eigenvalue weighted by Crippen LogP contribution is 2.27. The van der Waals surface area contributed by atoms with Crippen molar-refractivity contribution in [3.63, 3.8) is 0 Å². The van der Waals surface area contributed by atoms with Crippen LogP contribution in [0.3, 0.4) is 0 Å². The molecule has 0 saturated carbocycles. The number of nitrogens with one attached hydrogen (secondary N) is 1. The standard InChI is InChI=1S/C19H16N4O2S/c1-25-17-6-2-5-16-14(17)7-9-23(16)11-18(24)22-19-21-15(12-26-19)13-4-3-8-20-10-13/h2-10,12H,11H2,1H3,(H,21,22,24). The average molecular weight is 364 g/mol. The van der Waals surface area contributed by atoms with E-state index in [0.29, 0.717) is 5.13 Å². The summed E-state index contributed by atoms with van der Waals surface area (Å²) in [5.41, 5.74) is 2.68. The first-order valence-electron chi connectivity index (χ1n) is 8.02. The number of aromatic nitrogens is 3. The molecule has 1 N–H and O–H groups in total. The number of nitrogens with zero attached hydrogens (tertiary/aromatic N) is 3.